The van der Waals surface area contributed by atoms with E-state index >= 15 is 0 Å². The Kier molecular flexibility index (Phi) is 5.18. The number of carbonyl (C=O) groups is 1. The smallest absolute Gasteiger partial charge is 0.348 e. The maximum Gasteiger partial charge on any atom is 0.417 e. The second kappa shape index (κ2) is 7.82. The number of aryl methyl sites for hydroxylation is 1. The lowest BCUT2D eigenvalue weighted by atomic mass is 10.0. The quantitative estimate of drug-likeness (QED) is 0.479. The molecule has 1 amide bonds. The number of nitrogens with one attached hydrogen (secondary N) is 1. The monoisotopic (exact) mass is 428 g/mol. The van der Waals surface area contributed by atoms with Crippen molar-refractivity contribution in [2.75, 3.05) is 0 Å². The molecule has 0 bridgehead atoms. The molecule has 2 heterocycles. The first-order chi connectivity index (χ1) is 14.7. The van der Waals surface area contributed by atoms with E-state index in [1.165, 1.54) is 53.3 Å². The first-order valence-electron chi connectivity index (χ1n) is 9.26. The summed E-state index contributed by atoms with van der Waals surface area (Å²) >= 11 is 0. The summed E-state index contributed by atoms with van der Waals surface area (Å²) < 4.78 is 55.3. The third-order valence-corrected chi connectivity index (χ3v) is 4.80. The van der Waals surface area contributed by atoms with E-state index in [4.69, 9.17) is 0 Å². The van der Waals surface area contributed by atoms with E-state index in [-0.39, 0.29) is 29.0 Å². The summed E-state index contributed by atoms with van der Waals surface area (Å²) in [6, 6.07) is 12.1. The molecule has 2 aromatic heterocycles. The predicted octanol–water partition coefficient (Wildman–Crippen LogP) is 4.72. The maximum atomic E-state index is 13.5. The molecule has 9 heteroatoms. The number of hydrogen-bond acceptors (Lipinski definition) is 3. The molecule has 0 radical (unpaired) electrons. The summed E-state index contributed by atoms with van der Waals surface area (Å²) in [5.74, 6) is -0.966. The molecule has 4 rings (SSSR count). The van der Waals surface area contributed by atoms with Gasteiger partial charge in [-0.05, 0) is 29.8 Å². The van der Waals surface area contributed by atoms with Crippen molar-refractivity contribution in [1.82, 2.24) is 20.1 Å². The van der Waals surface area contributed by atoms with E-state index in [1.54, 1.807) is 13.1 Å². The van der Waals surface area contributed by atoms with Gasteiger partial charge < -0.3 is 5.32 Å². The van der Waals surface area contributed by atoms with Gasteiger partial charge in [-0.3, -0.25) is 9.48 Å². The second-order valence-corrected chi connectivity index (χ2v) is 6.92. The van der Waals surface area contributed by atoms with E-state index < -0.39 is 23.5 Å². The SMILES string of the molecule is Cn1ncc2c(C(=O)NCc3cccc(F)c3)cc(-c3ccccc3C(F)(F)F)nc21. The Hall–Kier alpha value is -3.75. The van der Waals surface area contributed by atoms with Gasteiger partial charge in [0.25, 0.3) is 5.91 Å². The van der Waals surface area contributed by atoms with E-state index in [2.05, 4.69) is 15.4 Å². The fourth-order valence-corrected chi connectivity index (χ4v) is 3.32. The van der Waals surface area contributed by atoms with Crippen molar-refractivity contribution in [1.29, 1.82) is 0 Å². The molecular formula is C22H16F4N4O. The molecule has 0 atom stereocenters. The molecule has 0 saturated carbocycles. The zero-order chi connectivity index (χ0) is 22.2. The molecule has 0 fully saturated rings. The molecular weight excluding hydrogens is 412 g/mol. The average molecular weight is 428 g/mol. The minimum absolute atomic E-state index is 0.0000643. The molecule has 0 aliphatic heterocycles. The summed E-state index contributed by atoms with van der Waals surface area (Å²) in [6.45, 7) is 0.0507. The zero-order valence-corrected chi connectivity index (χ0v) is 16.2. The minimum atomic E-state index is -4.58. The largest absolute Gasteiger partial charge is 0.417 e. The predicted molar refractivity (Wildman–Crippen MR) is 107 cm³/mol. The molecule has 5 nitrogen and oxygen atoms in total. The Balaban J connectivity index is 1.77. The molecule has 2 aromatic carbocycles. The third kappa shape index (κ3) is 4.11. The highest BCUT2D eigenvalue weighted by Gasteiger charge is 2.34. The van der Waals surface area contributed by atoms with Crippen molar-refractivity contribution in [3.63, 3.8) is 0 Å². The van der Waals surface area contributed by atoms with Gasteiger partial charge >= 0.3 is 6.18 Å². The number of nitrogens with zero attached hydrogens (tertiary/aromatic N) is 3. The van der Waals surface area contributed by atoms with Gasteiger partial charge in [0.15, 0.2) is 5.65 Å². The van der Waals surface area contributed by atoms with Crippen LogP contribution in [0.15, 0.2) is 60.8 Å². The normalized spacial score (nSPS) is 11.6. The molecule has 1 N–H and O–H groups in total. The molecule has 0 saturated heterocycles. The van der Waals surface area contributed by atoms with Gasteiger partial charge in [-0.25, -0.2) is 9.37 Å². The van der Waals surface area contributed by atoms with Crippen molar-refractivity contribution in [3.8, 4) is 11.3 Å². The van der Waals surface area contributed by atoms with E-state index in [1.807, 2.05) is 0 Å². The average Bonchev–Trinajstić information content (AvgIpc) is 3.11. The van der Waals surface area contributed by atoms with Crippen LogP contribution in [0.2, 0.25) is 0 Å². The second-order valence-electron chi connectivity index (χ2n) is 6.92. The standard InChI is InChI=1S/C22H16F4N4O/c1-30-20-17(12-28-30)16(21(31)27-11-13-5-4-6-14(23)9-13)10-19(29-20)15-7-2-3-8-18(15)22(24,25)26/h2-10,12H,11H2,1H3,(H,27,31). The van der Waals surface area contributed by atoms with Crippen LogP contribution in [0.3, 0.4) is 0 Å². The van der Waals surface area contributed by atoms with Gasteiger partial charge in [-0.2, -0.15) is 18.3 Å². The number of carbonyl (C=O) groups excluding carboxylic acids is 1. The number of rotatable bonds is 4. The van der Waals surface area contributed by atoms with Crippen LogP contribution < -0.4 is 5.32 Å². The number of pyridine rings is 1. The molecule has 0 aliphatic rings. The van der Waals surface area contributed by atoms with Gasteiger partial charge in [0.1, 0.15) is 5.82 Å². The van der Waals surface area contributed by atoms with Gasteiger partial charge in [0, 0.05) is 19.2 Å². The van der Waals surface area contributed by atoms with Crippen LogP contribution in [0.25, 0.3) is 22.3 Å². The van der Waals surface area contributed by atoms with Crippen LogP contribution in [0.1, 0.15) is 21.5 Å². The van der Waals surface area contributed by atoms with Gasteiger partial charge in [-0.15, -0.1) is 0 Å². The Morgan fingerprint density at radius 2 is 1.87 bits per heavy atom. The van der Waals surface area contributed by atoms with E-state index in [9.17, 15) is 22.4 Å². The summed E-state index contributed by atoms with van der Waals surface area (Å²) in [6.07, 6.45) is -3.15. The minimum Gasteiger partial charge on any atom is -0.348 e. The zero-order valence-electron chi connectivity index (χ0n) is 16.2. The molecule has 0 aliphatic carbocycles. The fourth-order valence-electron chi connectivity index (χ4n) is 3.32. The number of fused-ring (bicyclic) bond motifs is 1. The lowest BCUT2D eigenvalue weighted by Gasteiger charge is -2.14. The van der Waals surface area contributed by atoms with Crippen molar-refractivity contribution in [3.05, 3.63) is 83.3 Å². The number of hydrogen-bond donors (Lipinski definition) is 1. The Labute approximate surface area is 174 Å². The fraction of sp³-hybridized carbons (Fsp3) is 0.136. The molecule has 4 aromatic rings. The van der Waals surface area contributed by atoms with Gasteiger partial charge in [0.2, 0.25) is 0 Å². The highest BCUT2D eigenvalue weighted by atomic mass is 19.4. The van der Waals surface area contributed by atoms with E-state index in [0.29, 0.717) is 10.9 Å². The Morgan fingerprint density at radius 1 is 1.10 bits per heavy atom. The van der Waals surface area contributed by atoms with Crippen LogP contribution in [0.5, 0.6) is 0 Å². The highest BCUT2D eigenvalue weighted by Crippen LogP contribution is 2.37. The van der Waals surface area contributed by atoms with Crippen LogP contribution in [0, 0.1) is 5.82 Å². The van der Waals surface area contributed by atoms with Crippen LogP contribution >= 0.6 is 0 Å². The van der Waals surface area contributed by atoms with Crippen LogP contribution in [-0.2, 0) is 19.8 Å². The topological polar surface area (TPSA) is 59.8 Å². The van der Waals surface area contributed by atoms with Gasteiger partial charge in [0.05, 0.1) is 28.4 Å². The molecule has 0 unspecified atom stereocenters. The number of halogens is 4. The van der Waals surface area contributed by atoms with E-state index in [0.717, 1.165) is 6.07 Å². The Bertz CT molecular complexity index is 1280. The summed E-state index contributed by atoms with van der Waals surface area (Å²) in [5.41, 5.74) is -0.0494. The number of alkyl halides is 3. The summed E-state index contributed by atoms with van der Waals surface area (Å²) in [5, 5.41) is 7.15. The lowest BCUT2D eigenvalue weighted by Crippen LogP contribution is -2.23. The first kappa shape index (κ1) is 20.5. The van der Waals surface area contributed by atoms with Gasteiger partial charge in [-0.1, -0.05) is 30.3 Å². The van der Waals surface area contributed by atoms with Crippen LogP contribution in [0.4, 0.5) is 17.6 Å². The first-order valence-corrected chi connectivity index (χ1v) is 9.26. The Morgan fingerprint density at radius 3 is 2.61 bits per heavy atom. The number of benzene rings is 2. The van der Waals surface area contributed by atoms with Crippen molar-refractivity contribution >= 4 is 16.9 Å². The van der Waals surface area contributed by atoms with Crippen LogP contribution in [-0.4, -0.2) is 20.7 Å². The van der Waals surface area contributed by atoms with Crippen molar-refractivity contribution < 1.29 is 22.4 Å². The lowest BCUT2D eigenvalue weighted by molar-refractivity contribution is -0.137. The number of amides is 1. The molecule has 31 heavy (non-hydrogen) atoms. The van der Waals surface area contributed by atoms with Crippen molar-refractivity contribution in [2.24, 2.45) is 7.05 Å². The molecule has 158 valence electrons. The maximum absolute atomic E-state index is 13.5. The highest BCUT2D eigenvalue weighted by molar-refractivity contribution is 6.06. The number of aromatic nitrogens is 3. The third-order valence-electron chi connectivity index (χ3n) is 4.80. The summed E-state index contributed by atoms with van der Waals surface area (Å²) in [7, 11) is 1.59. The summed E-state index contributed by atoms with van der Waals surface area (Å²) in [4.78, 5) is 17.2. The molecule has 0 spiro atoms. The van der Waals surface area contributed by atoms with Crippen molar-refractivity contribution in [2.45, 2.75) is 12.7 Å².